The van der Waals surface area contributed by atoms with Gasteiger partial charge in [-0.3, -0.25) is 14.3 Å². The molecule has 0 saturated carbocycles. The van der Waals surface area contributed by atoms with Crippen LogP contribution in [0.4, 0.5) is 5.69 Å². The summed E-state index contributed by atoms with van der Waals surface area (Å²) < 4.78 is 3.45. The first-order valence-corrected chi connectivity index (χ1v) is 10.6. The molecule has 0 bridgehead atoms. The SMILES string of the molecule is CCn1cc(NC(=O)C2CCN(C(=O)c3nnn(-c4ccc(C)cc4)c3C)CC2)cn1. The summed E-state index contributed by atoms with van der Waals surface area (Å²) >= 11 is 0. The van der Waals surface area contributed by atoms with Crippen LogP contribution in [0.3, 0.4) is 0 Å². The summed E-state index contributed by atoms with van der Waals surface area (Å²) in [5.74, 6) is -0.290. The lowest BCUT2D eigenvalue weighted by Gasteiger charge is -2.30. The molecule has 1 aliphatic heterocycles. The van der Waals surface area contributed by atoms with E-state index in [2.05, 4.69) is 20.7 Å². The second-order valence-electron chi connectivity index (χ2n) is 7.91. The Labute approximate surface area is 181 Å². The third-order valence-corrected chi connectivity index (χ3v) is 5.75. The van der Waals surface area contributed by atoms with Crippen LogP contribution in [0.1, 0.15) is 41.5 Å². The van der Waals surface area contributed by atoms with Crippen LogP contribution < -0.4 is 5.32 Å². The van der Waals surface area contributed by atoms with E-state index in [1.54, 1.807) is 20.5 Å². The van der Waals surface area contributed by atoms with Gasteiger partial charge in [0, 0.05) is 31.7 Å². The zero-order valence-electron chi connectivity index (χ0n) is 18.1. The Kier molecular flexibility index (Phi) is 5.83. The van der Waals surface area contributed by atoms with Gasteiger partial charge in [0.2, 0.25) is 5.91 Å². The van der Waals surface area contributed by atoms with Crippen LogP contribution in [0.2, 0.25) is 0 Å². The van der Waals surface area contributed by atoms with Crippen molar-refractivity contribution < 1.29 is 9.59 Å². The Hall–Kier alpha value is -3.49. The maximum atomic E-state index is 13.0. The predicted octanol–water partition coefficient (Wildman–Crippen LogP) is 2.59. The number of rotatable bonds is 5. The molecule has 9 heteroatoms. The monoisotopic (exact) mass is 421 g/mol. The third kappa shape index (κ3) is 4.35. The van der Waals surface area contributed by atoms with Crippen LogP contribution in [-0.4, -0.2) is 54.6 Å². The third-order valence-electron chi connectivity index (χ3n) is 5.75. The molecule has 3 aromatic rings. The number of likely N-dealkylation sites (tertiary alicyclic amines) is 1. The van der Waals surface area contributed by atoms with E-state index < -0.39 is 0 Å². The molecule has 1 fully saturated rings. The van der Waals surface area contributed by atoms with Crippen LogP contribution in [-0.2, 0) is 11.3 Å². The first-order chi connectivity index (χ1) is 15.0. The molecule has 4 rings (SSSR count). The van der Waals surface area contributed by atoms with Crippen LogP contribution >= 0.6 is 0 Å². The molecule has 0 aliphatic carbocycles. The number of carbonyl (C=O) groups excluding carboxylic acids is 2. The fourth-order valence-corrected chi connectivity index (χ4v) is 3.80. The summed E-state index contributed by atoms with van der Waals surface area (Å²) in [7, 11) is 0. The lowest BCUT2D eigenvalue weighted by Crippen LogP contribution is -2.41. The van der Waals surface area contributed by atoms with Gasteiger partial charge in [0.25, 0.3) is 5.91 Å². The zero-order valence-corrected chi connectivity index (χ0v) is 18.1. The number of nitrogens with zero attached hydrogens (tertiary/aromatic N) is 6. The van der Waals surface area contributed by atoms with Gasteiger partial charge in [-0.25, -0.2) is 4.68 Å². The number of amides is 2. The number of aromatic nitrogens is 5. The average molecular weight is 422 g/mol. The van der Waals surface area contributed by atoms with Gasteiger partial charge in [-0.1, -0.05) is 22.9 Å². The number of piperidine rings is 1. The van der Waals surface area contributed by atoms with Gasteiger partial charge in [0.1, 0.15) is 0 Å². The van der Waals surface area contributed by atoms with Gasteiger partial charge in [-0.05, 0) is 45.7 Å². The molecule has 2 aromatic heterocycles. The number of benzene rings is 1. The van der Waals surface area contributed by atoms with E-state index in [4.69, 9.17) is 0 Å². The molecule has 0 atom stereocenters. The predicted molar refractivity (Wildman–Crippen MR) is 116 cm³/mol. The zero-order chi connectivity index (χ0) is 22.0. The van der Waals surface area contributed by atoms with E-state index in [0.29, 0.717) is 43.0 Å². The molecule has 2 amide bonds. The average Bonchev–Trinajstić information content (AvgIpc) is 3.40. The first-order valence-electron chi connectivity index (χ1n) is 10.6. The van der Waals surface area contributed by atoms with Gasteiger partial charge in [0.15, 0.2) is 5.69 Å². The molecule has 1 N–H and O–H groups in total. The Morgan fingerprint density at radius 3 is 2.48 bits per heavy atom. The smallest absolute Gasteiger partial charge is 0.276 e. The summed E-state index contributed by atoms with van der Waals surface area (Å²) in [6.45, 7) is 7.65. The topological polar surface area (TPSA) is 97.9 Å². The number of nitrogens with one attached hydrogen (secondary N) is 1. The molecule has 162 valence electrons. The normalized spacial score (nSPS) is 14.6. The second-order valence-corrected chi connectivity index (χ2v) is 7.91. The Balaban J connectivity index is 1.37. The quantitative estimate of drug-likeness (QED) is 0.683. The van der Waals surface area contributed by atoms with E-state index in [1.807, 2.05) is 51.2 Å². The van der Waals surface area contributed by atoms with Crippen LogP contribution in [0.5, 0.6) is 0 Å². The van der Waals surface area contributed by atoms with Crippen molar-refractivity contribution in [2.24, 2.45) is 5.92 Å². The van der Waals surface area contributed by atoms with Crippen molar-refractivity contribution in [3.63, 3.8) is 0 Å². The van der Waals surface area contributed by atoms with Crippen molar-refractivity contribution in [1.29, 1.82) is 0 Å². The molecular weight excluding hydrogens is 394 g/mol. The van der Waals surface area contributed by atoms with Crippen molar-refractivity contribution in [1.82, 2.24) is 29.7 Å². The minimum Gasteiger partial charge on any atom is -0.337 e. The van der Waals surface area contributed by atoms with E-state index in [0.717, 1.165) is 17.8 Å². The molecule has 0 unspecified atom stereocenters. The van der Waals surface area contributed by atoms with E-state index >= 15 is 0 Å². The molecule has 1 aromatic carbocycles. The highest BCUT2D eigenvalue weighted by Gasteiger charge is 2.30. The summed E-state index contributed by atoms with van der Waals surface area (Å²) in [6, 6.07) is 7.92. The van der Waals surface area contributed by atoms with Crippen molar-refractivity contribution >= 4 is 17.5 Å². The molecule has 1 aliphatic rings. The molecule has 1 saturated heterocycles. The largest absolute Gasteiger partial charge is 0.337 e. The second kappa shape index (κ2) is 8.71. The van der Waals surface area contributed by atoms with Gasteiger partial charge in [-0.15, -0.1) is 5.10 Å². The van der Waals surface area contributed by atoms with Crippen molar-refractivity contribution in [3.05, 3.63) is 53.6 Å². The number of carbonyl (C=O) groups is 2. The maximum absolute atomic E-state index is 13.0. The van der Waals surface area contributed by atoms with Gasteiger partial charge in [-0.2, -0.15) is 5.10 Å². The molecule has 3 heterocycles. The van der Waals surface area contributed by atoms with Gasteiger partial charge >= 0.3 is 0 Å². The number of aryl methyl sites for hydroxylation is 2. The molecule has 9 nitrogen and oxygen atoms in total. The van der Waals surface area contributed by atoms with Gasteiger partial charge in [0.05, 0.1) is 23.3 Å². The van der Waals surface area contributed by atoms with E-state index in [-0.39, 0.29) is 17.7 Å². The van der Waals surface area contributed by atoms with Crippen LogP contribution in [0, 0.1) is 19.8 Å². The van der Waals surface area contributed by atoms with Crippen molar-refractivity contribution in [2.75, 3.05) is 18.4 Å². The fourth-order valence-electron chi connectivity index (χ4n) is 3.80. The molecular formula is C22H27N7O2. The lowest BCUT2D eigenvalue weighted by molar-refractivity contribution is -0.121. The minimum absolute atomic E-state index is 0.0238. The van der Waals surface area contributed by atoms with E-state index in [9.17, 15) is 9.59 Å². The number of anilines is 1. The Morgan fingerprint density at radius 2 is 1.84 bits per heavy atom. The minimum atomic E-state index is -0.140. The number of hydrogen-bond donors (Lipinski definition) is 1. The van der Waals surface area contributed by atoms with E-state index in [1.165, 1.54) is 0 Å². The highest BCUT2D eigenvalue weighted by molar-refractivity contribution is 5.94. The number of hydrogen-bond acceptors (Lipinski definition) is 5. The van der Waals surface area contributed by atoms with Crippen molar-refractivity contribution in [2.45, 2.75) is 40.2 Å². The van der Waals surface area contributed by atoms with Crippen molar-refractivity contribution in [3.8, 4) is 5.69 Å². The highest BCUT2D eigenvalue weighted by Crippen LogP contribution is 2.22. The fraction of sp³-hybridized carbons (Fsp3) is 0.409. The summed E-state index contributed by atoms with van der Waals surface area (Å²) in [4.78, 5) is 27.4. The maximum Gasteiger partial charge on any atom is 0.276 e. The summed E-state index contributed by atoms with van der Waals surface area (Å²) in [6.07, 6.45) is 4.70. The standard InChI is InChI=1S/C22H27N7O2/c1-4-28-14-18(13-23-28)24-21(30)17-9-11-27(12-10-17)22(31)20-16(3)29(26-25-20)19-7-5-15(2)6-8-19/h5-8,13-14,17H,4,9-12H2,1-3H3,(H,24,30). The summed E-state index contributed by atoms with van der Waals surface area (Å²) in [5.41, 5.74) is 3.80. The van der Waals surface area contributed by atoms with Crippen LogP contribution in [0.15, 0.2) is 36.7 Å². The van der Waals surface area contributed by atoms with Gasteiger partial charge < -0.3 is 10.2 Å². The molecule has 0 radical (unpaired) electrons. The molecule has 0 spiro atoms. The highest BCUT2D eigenvalue weighted by atomic mass is 16.2. The van der Waals surface area contributed by atoms with Crippen LogP contribution in [0.25, 0.3) is 5.69 Å². The summed E-state index contributed by atoms with van der Waals surface area (Å²) in [5, 5.41) is 15.4. The Morgan fingerprint density at radius 1 is 1.13 bits per heavy atom. The lowest BCUT2D eigenvalue weighted by atomic mass is 9.95. The first kappa shape index (κ1) is 20.8. The molecule has 31 heavy (non-hydrogen) atoms. The Bertz CT molecular complexity index is 1080.